The largest absolute Gasteiger partial charge is 0.669 e. The molecule has 0 heterocycles. The highest BCUT2D eigenvalue weighted by Crippen LogP contribution is 2.09. The van der Waals surface area contributed by atoms with Crippen LogP contribution in [0, 0.1) is 0 Å². The maximum Gasteiger partial charge on any atom is 0.669 e. The SMILES string of the molecule is CO[SiH](C)O[Si](OC)(OC)OC. The third-order valence-corrected chi connectivity index (χ3v) is 6.04. The topological polar surface area (TPSA) is 46.2 Å². The minimum absolute atomic E-state index is 1.50. The van der Waals surface area contributed by atoms with Gasteiger partial charge in [0.25, 0.3) is 0 Å². The van der Waals surface area contributed by atoms with Gasteiger partial charge in [0.1, 0.15) is 0 Å². The molecule has 0 aliphatic rings. The Morgan fingerprint density at radius 1 is 0.917 bits per heavy atom. The highest BCUT2D eigenvalue weighted by atomic mass is 28.5. The van der Waals surface area contributed by atoms with Crippen LogP contribution in [0.15, 0.2) is 0 Å². The molecule has 0 aromatic carbocycles. The average molecular weight is 212 g/mol. The third kappa shape index (κ3) is 3.31. The zero-order valence-electron chi connectivity index (χ0n) is 8.12. The van der Waals surface area contributed by atoms with Crippen LogP contribution in [-0.2, 0) is 21.8 Å². The van der Waals surface area contributed by atoms with Gasteiger partial charge in [-0.15, -0.1) is 0 Å². The summed E-state index contributed by atoms with van der Waals surface area (Å²) < 4.78 is 25.6. The Hall–Kier alpha value is 0.234. The quantitative estimate of drug-likeness (QED) is 0.574. The smallest absolute Gasteiger partial charge is 0.400 e. The average Bonchev–Trinajstić information content (AvgIpc) is 2.14. The first-order valence-corrected chi connectivity index (χ1v) is 7.23. The van der Waals surface area contributed by atoms with Gasteiger partial charge in [-0.05, 0) is 6.55 Å². The van der Waals surface area contributed by atoms with E-state index in [1.165, 1.54) is 21.3 Å². The maximum atomic E-state index is 5.42. The first-order valence-electron chi connectivity index (χ1n) is 3.50. The molecule has 0 aliphatic carbocycles. The zero-order valence-corrected chi connectivity index (χ0v) is 10.3. The lowest BCUT2D eigenvalue weighted by atomic mass is 11.8. The van der Waals surface area contributed by atoms with Gasteiger partial charge in [-0.2, -0.15) is 0 Å². The van der Waals surface area contributed by atoms with Gasteiger partial charge in [-0.3, -0.25) is 0 Å². The summed E-state index contributed by atoms with van der Waals surface area (Å²) in [5, 5.41) is 0. The normalized spacial score (nSPS) is 14.8. The number of rotatable bonds is 6. The zero-order chi connectivity index (χ0) is 9.61. The Bertz CT molecular complexity index is 110. The summed E-state index contributed by atoms with van der Waals surface area (Å²) in [6, 6.07) is 0. The van der Waals surface area contributed by atoms with Crippen LogP contribution >= 0.6 is 0 Å². The Labute approximate surface area is 75.9 Å². The van der Waals surface area contributed by atoms with Crippen LogP contribution in [0.25, 0.3) is 0 Å². The second-order valence-corrected chi connectivity index (χ2v) is 6.81. The van der Waals surface area contributed by atoms with E-state index >= 15 is 0 Å². The van der Waals surface area contributed by atoms with Gasteiger partial charge < -0.3 is 21.8 Å². The lowest BCUT2D eigenvalue weighted by molar-refractivity contribution is 0.0422. The van der Waals surface area contributed by atoms with Gasteiger partial charge in [0.15, 0.2) is 0 Å². The monoisotopic (exact) mass is 212 g/mol. The van der Waals surface area contributed by atoms with Crippen LogP contribution in [-0.4, -0.2) is 46.8 Å². The fourth-order valence-electron chi connectivity index (χ4n) is 0.646. The van der Waals surface area contributed by atoms with Gasteiger partial charge in [0, 0.05) is 28.4 Å². The summed E-state index contributed by atoms with van der Waals surface area (Å²) in [4.78, 5) is 0. The number of hydrogen-bond donors (Lipinski definition) is 0. The number of hydrogen-bond acceptors (Lipinski definition) is 5. The first kappa shape index (κ1) is 12.2. The van der Waals surface area contributed by atoms with Gasteiger partial charge in [0.05, 0.1) is 0 Å². The van der Waals surface area contributed by atoms with Crippen molar-refractivity contribution in [1.29, 1.82) is 0 Å². The molecule has 0 aromatic rings. The summed E-state index contributed by atoms with van der Waals surface area (Å²) in [7, 11) is 1.55. The van der Waals surface area contributed by atoms with Gasteiger partial charge in [-0.1, -0.05) is 0 Å². The molecule has 0 spiro atoms. The lowest BCUT2D eigenvalue weighted by Gasteiger charge is -2.25. The van der Waals surface area contributed by atoms with Crippen LogP contribution < -0.4 is 0 Å². The van der Waals surface area contributed by atoms with E-state index in [4.69, 9.17) is 21.8 Å². The Morgan fingerprint density at radius 2 is 1.33 bits per heavy atom. The second-order valence-electron chi connectivity index (χ2n) is 2.03. The molecule has 0 saturated carbocycles. The first-order chi connectivity index (χ1) is 5.64. The summed E-state index contributed by atoms with van der Waals surface area (Å²) in [6.45, 7) is 1.87. The van der Waals surface area contributed by atoms with E-state index in [-0.39, 0.29) is 0 Å². The molecule has 0 bridgehead atoms. The Morgan fingerprint density at radius 3 is 1.58 bits per heavy atom. The van der Waals surface area contributed by atoms with Gasteiger partial charge in [0.2, 0.25) is 0 Å². The van der Waals surface area contributed by atoms with Crippen molar-refractivity contribution in [1.82, 2.24) is 0 Å². The molecular weight excluding hydrogens is 196 g/mol. The van der Waals surface area contributed by atoms with E-state index in [1.54, 1.807) is 7.11 Å². The molecule has 0 rings (SSSR count). The van der Waals surface area contributed by atoms with Crippen molar-refractivity contribution >= 4 is 18.3 Å². The molecule has 1 atom stereocenters. The van der Waals surface area contributed by atoms with Crippen molar-refractivity contribution < 1.29 is 21.8 Å². The van der Waals surface area contributed by atoms with E-state index in [0.29, 0.717) is 0 Å². The van der Waals surface area contributed by atoms with Gasteiger partial charge >= 0.3 is 18.3 Å². The molecule has 0 saturated heterocycles. The van der Waals surface area contributed by atoms with Crippen LogP contribution in [0.3, 0.4) is 0 Å². The summed E-state index contributed by atoms with van der Waals surface area (Å²) >= 11 is 0. The molecule has 0 radical (unpaired) electrons. The predicted octanol–water partition coefficient (Wildman–Crippen LogP) is -0.126. The fraction of sp³-hybridized carbons (Fsp3) is 1.00. The van der Waals surface area contributed by atoms with Crippen molar-refractivity contribution in [2.24, 2.45) is 0 Å². The summed E-state index contributed by atoms with van der Waals surface area (Å²) in [5.41, 5.74) is 0. The Kier molecular flexibility index (Phi) is 5.92. The second kappa shape index (κ2) is 5.81. The van der Waals surface area contributed by atoms with E-state index in [1.807, 2.05) is 6.55 Å². The standard InChI is InChI=1S/C5H16O5Si2/c1-6-11(5)10-12(7-2,8-3)9-4/h11H,1-5H3. The molecule has 5 nitrogen and oxygen atoms in total. The molecule has 0 fully saturated rings. The van der Waals surface area contributed by atoms with Crippen LogP contribution in [0.4, 0.5) is 0 Å². The van der Waals surface area contributed by atoms with E-state index in [9.17, 15) is 0 Å². The molecule has 7 heteroatoms. The van der Waals surface area contributed by atoms with Crippen molar-refractivity contribution in [3.05, 3.63) is 0 Å². The molecule has 0 N–H and O–H groups in total. The van der Waals surface area contributed by atoms with Crippen LogP contribution in [0.1, 0.15) is 0 Å². The van der Waals surface area contributed by atoms with E-state index in [2.05, 4.69) is 0 Å². The van der Waals surface area contributed by atoms with Gasteiger partial charge in [-0.25, -0.2) is 0 Å². The van der Waals surface area contributed by atoms with Crippen molar-refractivity contribution in [3.63, 3.8) is 0 Å². The molecule has 1 unspecified atom stereocenters. The van der Waals surface area contributed by atoms with Crippen LogP contribution in [0.2, 0.25) is 6.55 Å². The maximum absolute atomic E-state index is 5.42. The third-order valence-electron chi connectivity index (χ3n) is 1.39. The van der Waals surface area contributed by atoms with Crippen molar-refractivity contribution in [2.75, 3.05) is 28.4 Å². The highest BCUT2D eigenvalue weighted by molar-refractivity contribution is 6.63. The minimum atomic E-state index is -2.86. The highest BCUT2D eigenvalue weighted by Gasteiger charge is 2.43. The molecular formula is C5H16O5Si2. The fourth-order valence-corrected chi connectivity index (χ4v) is 4.31. The molecule has 12 heavy (non-hydrogen) atoms. The Balaban J connectivity index is 4.09. The van der Waals surface area contributed by atoms with E-state index < -0.39 is 18.3 Å². The van der Waals surface area contributed by atoms with E-state index in [0.717, 1.165) is 0 Å². The summed E-state index contributed by atoms with van der Waals surface area (Å²) in [5.74, 6) is 0. The molecule has 0 amide bonds. The summed E-state index contributed by atoms with van der Waals surface area (Å²) in [6.07, 6.45) is 0. The van der Waals surface area contributed by atoms with Crippen molar-refractivity contribution in [3.8, 4) is 0 Å². The van der Waals surface area contributed by atoms with Crippen molar-refractivity contribution in [2.45, 2.75) is 6.55 Å². The lowest BCUT2D eigenvalue weighted by Crippen LogP contribution is -2.50. The minimum Gasteiger partial charge on any atom is -0.400 e. The molecule has 0 aliphatic heterocycles. The van der Waals surface area contributed by atoms with Crippen LogP contribution in [0.5, 0.6) is 0 Å². The predicted molar refractivity (Wildman–Crippen MR) is 47.9 cm³/mol. The molecule has 74 valence electrons. The molecule has 0 aromatic heterocycles.